The summed E-state index contributed by atoms with van der Waals surface area (Å²) in [4.78, 5) is 30.1. The van der Waals surface area contributed by atoms with Crippen molar-refractivity contribution in [2.75, 3.05) is 22.5 Å². The van der Waals surface area contributed by atoms with Crippen LogP contribution in [0.4, 0.5) is 16.2 Å². The Morgan fingerprint density at radius 3 is 2.64 bits per heavy atom. The molecule has 0 bridgehead atoms. The number of benzene rings is 3. The molecule has 2 aliphatic heterocycles. The first kappa shape index (κ1) is 24.0. The van der Waals surface area contributed by atoms with E-state index in [1.165, 1.54) is 17.3 Å². The highest BCUT2D eigenvalue weighted by Crippen LogP contribution is 2.54. The number of aryl methyl sites for hydroxylation is 1. The minimum absolute atomic E-state index is 0.127. The summed E-state index contributed by atoms with van der Waals surface area (Å²) in [5.41, 5.74) is 6.02. The number of nitrogens with zero attached hydrogens (tertiary/aromatic N) is 3. The van der Waals surface area contributed by atoms with Crippen LogP contribution in [0.25, 0.3) is 0 Å². The van der Waals surface area contributed by atoms with Crippen LogP contribution in [0.1, 0.15) is 47.6 Å². The van der Waals surface area contributed by atoms with Gasteiger partial charge in [-0.25, -0.2) is 4.79 Å². The van der Waals surface area contributed by atoms with E-state index in [4.69, 9.17) is 0 Å². The summed E-state index contributed by atoms with van der Waals surface area (Å²) >= 11 is 1.51. The number of hydrogen-bond donors (Lipinski definition) is 1. The highest BCUT2D eigenvalue weighted by atomic mass is 32.2. The molecule has 0 unspecified atom stereocenters. The smallest absolute Gasteiger partial charge is 0.308 e. The SMILES string of the molecule is Cc1ccc2c(c1)[C@]1(SCCN1C(=O)Nc1ccc(C(C)C)cc1)C(=O)N2Cc1cccc(C#N)c1. The Morgan fingerprint density at radius 2 is 1.92 bits per heavy atom. The number of thioether (sulfide) groups is 1. The zero-order chi connectivity index (χ0) is 25.4. The molecule has 2 aliphatic rings. The molecule has 6 nitrogen and oxygen atoms in total. The van der Waals surface area contributed by atoms with E-state index in [1.54, 1.807) is 21.9 Å². The van der Waals surface area contributed by atoms with Gasteiger partial charge < -0.3 is 10.2 Å². The zero-order valence-corrected chi connectivity index (χ0v) is 21.4. The van der Waals surface area contributed by atoms with Gasteiger partial charge in [0, 0.05) is 23.5 Å². The van der Waals surface area contributed by atoms with Gasteiger partial charge in [-0.05, 0) is 54.3 Å². The lowest BCUT2D eigenvalue weighted by Crippen LogP contribution is -2.51. The van der Waals surface area contributed by atoms with E-state index in [2.05, 4.69) is 25.2 Å². The molecule has 1 atom stereocenters. The van der Waals surface area contributed by atoms with Crippen molar-refractivity contribution in [2.45, 2.75) is 38.1 Å². The quantitative estimate of drug-likeness (QED) is 0.483. The van der Waals surface area contributed by atoms with Crippen molar-refractivity contribution < 1.29 is 9.59 Å². The van der Waals surface area contributed by atoms with Crippen molar-refractivity contribution in [3.05, 3.63) is 94.5 Å². The van der Waals surface area contributed by atoms with Crippen LogP contribution in [0.15, 0.2) is 66.7 Å². The number of nitrogens with one attached hydrogen (secondary N) is 1. The summed E-state index contributed by atoms with van der Waals surface area (Å²) in [6.07, 6.45) is 0. The lowest BCUT2D eigenvalue weighted by atomic mass is 10.0. The number of hydrogen-bond acceptors (Lipinski definition) is 4. The van der Waals surface area contributed by atoms with E-state index >= 15 is 0 Å². The summed E-state index contributed by atoms with van der Waals surface area (Å²) in [5, 5.41) is 12.3. The van der Waals surface area contributed by atoms with Gasteiger partial charge in [-0.3, -0.25) is 9.69 Å². The number of carbonyl (C=O) groups is 2. The van der Waals surface area contributed by atoms with Crippen LogP contribution < -0.4 is 10.2 Å². The van der Waals surface area contributed by atoms with Crippen LogP contribution in [0.5, 0.6) is 0 Å². The molecule has 36 heavy (non-hydrogen) atoms. The van der Waals surface area contributed by atoms with E-state index < -0.39 is 4.87 Å². The molecule has 7 heteroatoms. The average Bonchev–Trinajstić information content (AvgIpc) is 3.41. The van der Waals surface area contributed by atoms with Crippen LogP contribution in [-0.2, 0) is 16.2 Å². The third-order valence-electron chi connectivity index (χ3n) is 6.82. The Balaban J connectivity index is 1.49. The number of nitriles is 1. The molecular weight excluding hydrogens is 468 g/mol. The number of rotatable bonds is 4. The lowest BCUT2D eigenvalue weighted by Gasteiger charge is -2.33. The summed E-state index contributed by atoms with van der Waals surface area (Å²) in [6, 6.07) is 23.0. The first-order chi connectivity index (χ1) is 17.3. The molecule has 3 aromatic rings. The Kier molecular flexibility index (Phi) is 6.23. The minimum Gasteiger partial charge on any atom is -0.308 e. The molecule has 3 aromatic carbocycles. The number of carbonyl (C=O) groups excluding carboxylic acids is 2. The molecule has 0 aromatic heterocycles. The molecule has 0 radical (unpaired) electrons. The monoisotopic (exact) mass is 496 g/mol. The van der Waals surface area contributed by atoms with E-state index in [0.29, 0.717) is 36.0 Å². The van der Waals surface area contributed by atoms with Gasteiger partial charge in [-0.15, -0.1) is 11.8 Å². The molecule has 1 spiro atoms. The standard InChI is InChI=1S/C29H28N4O2S/c1-19(2)23-8-10-24(11-9-23)31-28(35)33-13-14-36-29(33)25-15-20(3)7-12-26(25)32(27(29)34)18-22-6-4-5-21(16-22)17-30/h4-12,15-16,19H,13-14,18H2,1-3H3,(H,31,35)/t29-/m0/s1. The lowest BCUT2D eigenvalue weighted by molar-refractivity contribution is -0.123. The Bertz CT molecular complexity index is 1380. The maximum Gasteiger partial charge on any atom is 0.323 e. The highest BCUT2D eigenvalue weighted by molar-refractivity contribution is 8.01. The molecule has 5 rings (SSSR count). The largest absolute Gasteiger partial charge is 0.323 e. The first-order valence-electron chi connectivity index (χ1n) is 12.1. The van der Waals surface area contributed by atoms with Crippen molar-refractivity contribution in [1.82, 2.24) is 4.90 Å². The number of urea groups is 1. The Labute approximate surface area is 215 Å². The fraction of sp³-hybridized carbons (Fsp3) is 0.276. The fourth-order valence-corrected chi connectivity index (χ4v) is 6.40. The third-order valence-corrected chi connectivity index (χ3v) is 8.24. The normalized spacial score (nSPS) is 18.6. The van der Waals surface area contributed by atoms with Crippen molar-refractivity contribution in [2.24, 2.45) is 0 Å². The second kappa shape index (κ2) is 9.36. The van der Waals surface area contributed by atoms with Gasteiger partial charge in [0.25, 0.3) is 5.91 Å². The number of amides is 3. The first-order valence-corrected chi connectivity index (χ1v) is 13.1. The van der Waals surface area contributed by atoms with Crippen molar-refractivity contribution in [3.8, 4) is 6.07 Å². The molecule has 0 aliphatic carbocycles. The van der Waals surface area contributed by atoms with Crippen LogP contribution in [0, 0.1) is 18.3 Å². The van der Waals surface area contributed by atoms with Gasteiger partial charge in [-0.2, -0.15) is 5.26 Å². The minimum atomic E-state index is -1.11. The van der Waals surface area contributed by atoms with Crippen molar-refractivity contribution in [1.29, 1.82) is 5.26 Å². The van der Waals surface area contributed by atoms with Crippen molar-refractivity contribution in [3.63, 3.8) is 0 Å². The molecule has 0 saturated carbocycles. The molecule has 2 heterocycles. The van der Waals surface area contributed by atoms with E-state index in [0.717, 1.165) is 22.4 Å². The fourth-order valence-electron chi connectivity index (χ4n) is 4.95. The molecule has 1 fully saturated rings. The third kappa shape index (κ3) is 4.02. The van der Waals surface area contributed by atoms with Gasteiger partial charge in [0.15, 0.2) is 4.87 Å². The highest BCUT2D eigenvalue weighted by Gasteiger charge is 2.59. The predicted octanol–water partition coefficient (Wildman–Crippen LogP) is 5.97. The molecular formula is C29H28N4O2S. The summed E-state index contributed by atoms with van der Waals surface area (Å²) < 4.78 is 0. The van der Waals surface area contributed by atoms with E-state index in [-0.39, 0.29) is 11.9 Å². The van der Waals surface area contributed by atoms with E-state index in [1.807, 2.05) is 61.5 Å². The molecule has 1 saturated heterocycles. The van der Waals surface area contributed by atoms with Gasteiger partial charge in [0.1, 0.15) is 0 Å². The topological polar surface area (TPSA) is 76.4 Å². The number of fused-ring (bicyclic) bond motifs is 2. The molecule has 3 amide bonds. The van der Waals surface area contributed by atoms with Crippen molar-refractivity contribution >= 4 is 35.1 Å². The van der Waals surface area contributed by atoms with Crippen LogP contribution in [0.3, 0.4) is 0 Å². The summed E-state index contributed by atoms with van der Waals surface area (Å²) in [5.74, 6) is 0.943. The number of anilines is 2. The second-order valence-electron chi connectivity index (χ2n) is 9.58. The summed E-state index contributed by atoms with van der Waals surface area (Å²) in [6.45, 7) is 7.06. The maximum atomic E-state index is 14.2. The average molecular weight is 497 g/mol. The van der Waals surface area contributed by atoms with Gasteiger partial charge >= 0.3 is 6.03 Å². The Hall–Kier alpha value is -3.76. The predicted molar refractivity (Wildman–Crippen MR) is 144 cm³/mol. The van der Waals surface area contributed by atoms with Crippen LogP contribution in [-0.4, -0.2) is 29.1 Å². The van der Waals surface area contributed by atoms with E-state index in [9.17, 15) is 14.9 Å². The van der Waals surface area contributed by atoms with Gasteiger partial charge in [0.05, 0.1) is 23.9 Å². The van der Waals surface area contributed by atoms with Crippen LogP contribution >= 0.6 is 11.8 Å². The van der Waals surface area contributed by atoms with Gasteiger partial charge in [-0.1, -0.05) is 55.8 Å². The maximum absolute atomic E-state index is 14.2. The van der Waals surface area contributed by atoms with Crippen LogP contribution in [0.2, 0.25) is 0 Å². The molecule has 1 N–H and O–H groups in total. The van der Waals surface area contributed by atoms with Gasteiger partial charge in [0.2, 0.25) is 0 Å². The zero-order valence-electron chi connectivity index (χ0n) is 20.6. The summed E-state index contributed by atoms with van der Waals surface area (Å²) in [7, 11) is 0. The molecule has 182 valence electrons. The second-order valence-corrected chi connectivity index (χ2v) is 10.9. The Morgan fingerprint density at radius 1 is 1.14 bits per heavy atom.